The van der Waals surface area contributed by atoms with E-state index in [1.165, 1.54) is 0 Å². The van der Waals surface area contributed by atoms with Crippen LogP contribution in [0.15, 0.2) is 0 Å². The summed E-state index contributed by atoms with van der Waals surface area (Å²) in [5.41, 5.74) is -0.712. The molecule has 0 aliphatic heterocycles. The molecule has 0 amide bonds. The SMILES string of the molecule is COC(=O)C(C(=O)OC)[C@@H]1CC(=O)[C@@H](OS(C)(=O)=O)CC1(C)C. The molecule has 0 bridgehead atoms. The second-order valence-corrected chi connectivity index (χ2v) is 7.88. The van der Waals surface area contributed by atoms with Crippen LogP contribution in [-0.2, 0) is 38.2 Å². The Labute approximate surface area is 135 Å². The average molecular weight is 350 g/mol. The van der Waals surface area contributed by atoms with Gasteiger partial charge in [0, 0.05) is 6.42 Å². The zero-order chi connectivity index (χ0) is 18.0. The van der Waals surface area contributed by atoms with Crippen molar-refractivity contribution in [3.63, 3.8) is 0 Å². The summed E-state index contributed by atoms with van der Waals surface area (Å²) in [6, 6.07) is 0. The molecule has 0 aromatic rings. The molecule has 9 heteroatoms. The third-order valence-electron chi connectivity index (χ3n) is 4.10. The summed E-state index contributed by atoms with van der Waals surface area (Å²) in [7, 11) is -1.50. The zero-order valence-electron chi connectivity index (χ0n) is 13.8. The Morgan fingerprint density at radius 2 is 1.65 bits per heavy atom. The summed E-state index contributed by atoms with van der Waals surface area (Å²) in [6.45, 7) is 3.48. The normalized spacial score (nSPS) is 24.3. The summed E-state index contributed by atoms with van der Waals surface area (Å²) in [4.78, 5) is 36.1. The maximum absolute atomic E-state index is 12.2. The summed E-state index contributed by atoms with van der Waals surface area (Å²) >= 11 is 0. The Morgan fingerprint density at radius 3 is 2.04 bits per heavy atom. The van der Waals surface area contributed by atoms with Gasteiger partial charge in [-0.2, -0.15) is 8.42 Å². The van der Waals surface area contributed by atoms with Crippen molar-refractivity contribution >= 4 is 27.8 Å². The van der Waals surface area contributed by atoms with E-state index < -0.39 is 51.2 Å². The van der Waals surface area contributed by atoms with Crippen LogP contribution in [0.5, 0.6) is 0 Å². The van der Waals surface area contributed by atoms with E-state index in [1.807, 2.05) is 0 Å². The van der Waals surface area contributed by atoms with Crippen LogP contribution >= 0.6 is 0 Å². The summed E-state index contributed by atoms with van der Waals surface area (Å²) in [6.07, 6.45) is -0.367. The van der Waals surface area contributed by atoms with Crippen molar-refractivity contribution in [1.29, 1.82) is 0 Å². The van der Waals surface area contributed by atoms with E-state index in [0.29, 0.717) is 0 Å². The van der Waals surface area contributed by atoms with Gasteiger partial charge in [0.25, 0.3) is 10.1 Å². The zero-order valence-corrected chi connectivity index (χ0v) is 14.6. The van der Waals surface area contributed by atoms with Crippen molar-refractivity contribution in [3.8, 4) is 0 Å². The van der Waals surface area contributed by atoms with Gasteiger partial charge in [-0.25, -0.2) is 0 Å². The number of methoxy groups -OCH3 is 2. The molecule has 8 nitrogen and oxygen atoms in total. The molecule has 0 saturated heterocycles. The fourth-order valence-corrected chi connectivity index (χ4v) is 3.51. The van der Waals surface area contributed by atoms with E-state index in [2.05, 4.69) is 9.47 Å². The van der Waals surface area contributed by atoms with Crippen molar-refractivity contribution in [1.82, 2.24) is 0 Å². The van der Waals surface area contributed by atoms with Gasteiger partial charge in [0.15, 0.2) is 11.7 Å². The first-order valence-corrected chi connectivity index (χ1v) is 8.81. The highest BCUT2D eigenvalue weighted by Crippen LogP contribution is 2.45. The number of hydrogen-bond donors (Lipinski definition) is 0. The molecule has 0 radical (unpaired) electrons. The van der Waals surface area contributed by atoms with Gasteiger partial charge < -0.3 is 9.47 Å². The fraction of sp³-hybridized carbons (Fsp3) is 0.786. The third kappa shape index (κ3) is 4.74. The first-order chi connectivity index (χ1) is 10.4. The number of esters is 2. The van der Waals surface area contributed by atoms with Gasteiger partial charge in [0.2, 0.25) is 0 Å². The van der Waals surface area contributed by atoms with Crippen LogP contribution in [0, 0.1) is 17.3 Å². The Morgan fingerprint density at radius 1 is 1.17 bits per heavy atom. The summed E-state index contributed by atoms with van der Waals surface area (Å²) in [5.74, 6) is -3.97. The van der Waals surface area contributed by atoms with Crippen LogP contribution < -0.4 is 0 Å². The Balaban J connectivity index is 3.12. The number of ether oxygens (including phenoxy) is 2. The standard InChI is InChI=1S/C14H22O8S/c1-14(2)7-10(22-23(5,18)19)9(15)6-8(14)11(12(16)20-3)13(17)21-4/h8,10-11H,6-7H2,1-5H3/t8-,10-/m0/s1. The van der Waals surface area contributed by atoms with Crippen molar-refractivity contribution in [2.24, 2.45) is 17.3 Å². The van der Waals surface area contributed by atoms with Crippen LogP contribution in [0.3, 0.4) is 0 Å². The number of rotatable bonds is 5. The molecule has 2 atom stereocenters. The molecule has 0 unspecified atom stereocenters. The van der Waals surface area contributed by atoms with Crippen LogP contribution in [0.25, 0.3) is 0 Å². The van der Waals surface area contributed by atoms with Crippen molar-refractivity contribution in [2.45, 2.75) is 32.8 Å². The molecule has 0 N–H and O–H groups in total. The van der Waals surface area contributed by atoms with Gasteiger partial charge in [-0.1, -0.05) is 13.8 Å². The molecule has 0 aromatic heterocycles. The van der Waals surface area contributed by atoms with Gasteiger partial charge in [-0.05, 0) is 17.8 Å². The topological polar surface area (TPSA) is 113 Å². The number of carbonyl (C=O) groups excluding carboxylic acids is 3. The van der Waals surface area contributed by atoms with Crippen molar-refractivity contribution in [3.05, 3.63) is 0 Å². The molecule has 1 aliphatic carbocycles. The molecule has 23 heavy (non-hydrogen) atoms. The van der Waals surface area contributed by atoms with Crippen molar-refractivity contribution in [2.75, 3.05) is 20.5 Å². The minimum Gasteiger partial charge on any atom is -0.468 e. The quantitative estimate of drug-likeness (QED) is 0.395. The Kier molecular flexibility index (Phi) is 5.92. The van der Waals surface area contributed by atoms with E-state index >= 15 is 0 Å². The third-order valence-corrected chi connectivity index (χ3v) is 4.68. The highest BCUT2D eigenvalue weighted by Gasteiger charge is 2.51. The lowest BCUT2D eigenvalue weighted by Crippen LogP contribution is -2.49. The van der Waals surface area contributed by atoms with Gasteiger partial charge in [0.05, 0.1) is 20.5 Å². The van der Waals surface area contributed by atoms with Crippen LogP contribution in [0.4, 0.5) is 0 Å². The second kappa shape index (κ2) is 6.96. The van der Waals surface area contributed by atoms with E-state index in [1.54, 1.807) is 13.8 Å². The predicted molar refractivity (Wildman–Crippen MR) is 78.8 cm³/mol. The van der Waals surface area contributed by atoms with Gasteiger partial charge in [0.1, 0.15) is 6.10 Å². The van der Waals surface area contributed by atoms with Gasteiger partial charge in [-0.3, -0.25) is 18.6 Å². The van der Waals surface area contributed by atoms with E-state index in [4.69, 9.17) is 4.18 Å². The minimum atomic E-state index is -3.79. The van der Waals surface area contributed by atoms with Crippen molar-refractivity contribution < 1.29 is 36.5 Å². The second-order valence-electron chi connectivity index (χ2n) is 6.28. The predicted octanol–water partition coefficient (Wildman–Crippen LogP) is 0.299. The van der Waals surface area contributed by atoms with Crippen LogP contribution in [0.2, 0.25) is 0 Å². The van der Waals surface area contributed by atoms with Gasteiger partial charge >= 0.3 is 11.9 Å². The lowest BCUT2D eigenvalue weighted by molar-refractivity contribution is -0.167. The summed E-state index contributed by atoms with van der Waals surface area (Å²) in [5, 5.41) is 0. The van der Waals surface area contributed by atoms with Gasteiger partial charge in [-0.15, -0.1) is 0 Å². The Hall–Kier alpha value is -1.48. The number of ketones is 1. The highest BCUT2D eigenvalue weighted by atomic mass is 32.2. The molecular formula is C14H22O8S. The molecule has 1 rings (SSSR count). The average Bonchev–Trinajstić information content (AvgIpc) is 2.41. The van der Waals surface area contributed by atoms with E-state index in [-0.39, 0.29) is 12.8 Å². The lowest BCUT2D eigenvalue weighted by Gasteiger charge is -2.42. The first kappa shape index (κ1) is 19.6. The fourth-order valence-electron chi connectivity index (χ4n) is 2.91. The van der Waals surface area contributed by atoms with Crippen LogP contribution in [0.1, 0.15) is 26.7 Å². The summed E-state index contributed by atoms with van der Waals surface area (Å²) < 4.78 is 36.6. The molecule has 1 saturated carbocycles. The molecule has 1 fully saturated rings. The number of carbonyl (C=O) groups is 3. The number of hydrogen-bond acceptors (Lipinski definition) is 8. The van der Waals surface area contributed by atoms with E-state index in [9.17, 15) is 22.8 Å². The highest BCUT2D eigenvalue weighted by molar-refractivity contribution is 7.86. The maximum Gasteiger partial charge on any atom is 0.320 e. The molecule has 0 aromatic carbocycles. The van der Waals surface area contributed by atoms with E-state index in [0.717, 1.165) is 20.5 Å². The molecule has 0 spiro atoms. The monoisotopic (exact) mass is 350 g/mol. The lowest BCUT2D eigenvalue weighted by atomic mass is 9.62. The minimum absolute atomic E-state index is 0.0636. The molecule has 0 heterocycles. The molecular weight excluding hydrogens is 328 g/mol. The smallest absolute Gasteiger partial charge is 0.320 e. The maximum atomic E-state index is 12.2. The Bertz CT molecular complexity index is 576. The number of Topliss-reactive ketones (excluding diaryl/α,β-unsaturated/α-hetero) is 1. The van der Waals surface area contributed by atoms with Crippen LogP contribution in [-0.4, -0.2) is 52.7 Å². The molecule has 132 valence electrons. The largest absolute Gasteiger partial charge is 0.468 e. The molecule has 1 aliphatic rings. The first-order valence-electron chi connectivity index (χ1n) is 6.99.